The number of hydrogen-bond donors (Lipinski definition) is 0. The highest BCUT2D eigenvalue weighted by Gasteiger charge is 2.27. The zero-order valence-electron chi connectivity index (χ0n) is 14.2. The van der Waals surface area contributed by atoms with E-state index in [1.807, 2.05) is 11.0 Å². The first-order chi connectivity index (χ1) is 12.1. The van der Waals surface area contributed by atoms with Gasteiger partial charge in [0.05, 0.1) is 4.83 Å². The summed E-state index contributed by atoms with van der Waals surface area (Å²) in [6.45, 7) is 1.57. The van der Waals surface area contributed by atoms with Gasteiger partial charge in [-0.1, -0.05) is 64.5 Å². The first kappa shape index (κ1) is 18.1. The Morgan fingerprint density at radius 2 is 1.72 bits per heavy atom. The van der Waals surface area contributed by atoms with Gasteiger partial charge >= 0.3 is 0 Å². The second kappa shape index (κ2) is 8.61. The zero-order valence-corrected chi connectivity index (χ0v) is 15.8. The Labute approximate surface area is 157 Å². The van der Waals surface area contributed by atoms with Crippen LogP contribution >= 0.6 is 15.9 Å². The fraction of sp³-hybridized carbons (Fsp3) is 0.381. The maximum atomic E-state index is 13.8. The molecule has 1 amide bonds. The third-order valence-electron chi connectivity index (χ3n) is 4.92. The lowest BCUT2D eigenvalue weighted by atomic mass is 9.90. The van der Waals surface area contributed by atoms with E-state index in [4.69, 9.17) is 0 Å². The Kier molecular flexibility index (Phi) is 6.24. The van der Waals surface area contributed by atoms with Crippen LogP contribution in [0.2, 0.25) is 0 Å². The van der Waals surface area contributed by atoms with Gasteiger partial charge in [0.2, 0.25) is 5.91 Å². The molecule has 132 valence electrons. The number of carbonyl (C=O) groups is 1. The van der Waals surface area contributed by atoms with Crippen molar-refractivity contribution in [3.8, 4) is 0 Å². The monoisotopic (exact) mass is 403 g/mol. The first-order valence-corrected chi connectivity index (χ1v) is 9.75. The lowest BCUT2D eigenvalue weighted by Gasteiger charge is -2.33. The number of nitrogens with zero attached hydrogens (tertiary/aromatic N) is 1. The molecule has 1 saturated heterocycles. The molecule has 0 spiro atoms. The SMILES string of the molecule is O=C(C(Br)Cc1ccccc1F)N1CCC(Cc2ccccc2)CC1. The number of benzene rings is 2. The molecule has 0 saturated carbocycles. The van der Waals surface area contributed by atoms with Crippen LogP contribution in [0.4, 0.5) is 4.39 Å². The van der Waals surface area contributed by atoms with E-state index in [0.717, 1.165) is 32.4 Å². The molecule has 1 unspecified atom stereocenters. The molecule has 0 bridgehead atoms. The molecule has 0 radical (unpaired) electrons. The number of alkyl halides is 1. The molecule has 0 aromatic heterocycles. The van der Waals surface area contributed by atoms with Crippen molar-refractivity contribution >= 4 is 21.8 Å². The van der Waals surface area contributed by atoms with Crippen LogP contribution in [0.25, 0.3) is 0 Å². The predicted octanol–water partition coefficient (Wildman–Crippen LogP) is 4.61. The van der Waals surface area contributed by atoms with Crippen LogP contribution in [-0.4, -0.2) is 28.7 Å². The molecular weight excluding hydrogens is 381 g/mol. The van der Waals surface area contributed by atoms with Crippen molar-refractivity contribution in [3.63, 3.8) is 0 Å². The van der Waals surface area contributed by atoms with E-state index in [-0.39, 0.29) is 16.6 Å². The molecule has 25 heavy (non-hydrogen) atoms. The standard InChI is InChI=1S/C21H23BrFNO/c22-19(15-18-8-4-5-9-20(18)23)21(25)24-12-10-17(11-13-24)14-16-6-2-1-3-7-16/h1-9,17,19H,10-15H2. The van der Waals surface area contributed by atoms with Crippen LogP contribution < -0.4 is 0 Å². The van der Waals surface area contributed by atoms with Crippen molar-refractivity contribution in [3.05, 3.63) is 71.5 Å². The summed E-state index contributed by atoms with van der Waals surface area (Å²) in [5, 5.41) is 0. The van der Waals surface area contributed by atoms with E-state index in [2.05, 4.69) is 40.2 Å². The lowest BCUT2D eigenvalue weighted by Crippen LogP contribution is -2.43. The minimum atomic E-state index is -0.366. The Morgan fingerprint density at radius 1 is 1.08 bits per heavy atom. The molecule has 0 N–H and O–H groups in total. The fourth-order valence-electron chi connectivity index (χ4n) is 3.45. The number of piperidine rings is 1. The highest BCUT2D eigenvalue weighted by atomic mass is 79.9. The van der Waals surface area contributed by atoms with Gasteiger partial charge in [-0.15, -0.1) is 0 Å². The number of carbonyl (C=O) groups excluding carboxylic acids is 1. The summed E-state index contributed by atoms with van der Waals surface area (Å²) in [5.41, 5.74) is 1.95. The van der Waals surface area contributed by atoms with Crippen molar-refractivity contribution in [1.29, 1.82) is 0 Å². The van der Waals surface area contributed by atoms with Crippen LogP contribution in [0, 0.1) is 11.7 Å². The van der Waals surface area contributed by atoms with E-state index in [0.29, 0.717) is 17.9 Å². The Bertz CT molecular complexity index is 698. The number of halogens is 2. The van der Waals surface area contributed by atoms with Crippen molar-refractivity contribution in [2.45, 2.75) is 30.5 Å². The van der Waals surface area contributed by atoms with E-state index in [1.54, 1.807) is 18.2 Å². The third-order valence-corrected chi connectivity index (χ3v) is 5.63. The largest absolute Gasteiger partial charge is 0.342 e. The average Bonchev–Trinajstić information content (AvgIpc) is 2.64. The van der Waals surface area contributed by atoms with Gasteiger partial charge in [0.1, 0.15) is 5.82 Å². The third kappa shape index (κ3) is 4.91. The van der Waals surface area contributed by atoms with Gasteiger partial charge in [-0.25, -0.2) is 4.39 Å². The van der Waals surface area contributed by atoms with Crippen molar-refractivity contribution in [2.75, 3.05) is 13.1 Å². The lowest BCUT2D eigenvalue weighted by molar-refractivity contribution is -0.131. The molecule has 2 aromatic rings. The van der Waals surface area contributed by atoms with Crippen molar-refractivity contribution < 1.29 is 9.18 Å². The number of hydrogen-bond acceptors (Lipinski definition) is 1. The Balaban J connectivity index is 1.50. The molecule has 2 aromatic carbocycles. The van der Waals surface area contributed by atoms with Gasteiger partial charge in [0.25, 0.3) is 0 Å². The molecule has 1 heterocycles. The highest BCUT2D eigenvalue weighted by Crippen LogP contribution is 2.24. The van der Waals surface area contributed by atoms with Gasteiger partial charge < -0.3 is 4.90 Å². The Morgan fingerprint density at radius 3 is 2.40 bits per heavy atom. The fourth-order valence-corrected chi connectivity index (χ4v) is 4.09. The maximum absolute atomic E-state index is 13.8. The summed E-state index contributed by atoms with van der Waals surface area (Å²) in [7, 11) is 0. The van der Waals surface area contributed by atoms with Gasteiger partial charge in [-0.05, 0) is 48.8 Å². The molecular formula is C21H23BrFNO. The van der Waals surface area contributed by atoms with Crippen LogP contribution in [0.3, 0.4) is 0 Å². The Hall–Kier alpha value is -1.68. The van der Waals surface area contributed by atoms with E-state index >= 15 is 0 Å². The molecule has 2 nitrogen and oxygen atoms in total. The number of rotatable bonds is 5. The van der Waals surface area contributed by atoms with Gasteiger partial charge in [-0.2, -0.15) is 0 Å². The number of amides is 1. The van der Waals surface area contributed by atoms with Crippen LogP contribution in [0.5, 0.6) is 0 Å². The van der Waals surface area contributed by atoms with Gasteiger partial charge in [0.15, 0.2) is 0 Å². The predicted molar refractivity (Wildman–Crippen MR) is 102 cm³/mol. The van der Waals surface area contributed by atoms with Gasteiger partial charge in [-0.3, -0.25) is 4.79 Å². The summed E-state index contributed by atoms with van der Waals surface area (Å²) < 4.78 is 13.8. The second-order valence-corrected chi connectivity index (χ2v) is 7.83. The minimum absolute atomic E-state index is 0.0708. The zero-order chi connectivity index (χ0) is 17.6. The first-order valence-electron chi connectivity index (χ1n) is 8.83. The van der Waals surface area contributed by atoms with Crippen molar-refractivity contribution in [1.82, 2.24) is 4.90 Å². The molecule has 3 rings (SSSR count). The smallest absolute Gasteiger partial charge is 0.236 e. The summed E-state index contributed by atoms with van der Waals surface area (Å²) in [6, 6.07) is 17.2. The molecule has 4 heteroatoms. The molecule has 0 aliphatic carbocycles. The van der Waals surface area contributed by atoms with E-state index < -0.39 is 0 Å². The maximum Gasteiger partial charge on any atom is 0.236 e. The topological polar surface area (TPSA) is 20.3 Å². The van der Waals surface area contributed by atoms with E-state index in [9.17, 15) is 9.18 Å². The molecule has 1 atom stereocenters. The van der Waals surface area contributed by atoms with Crippen LogP contribution in [0.15, 0.2) is 54.6 Å². The van der Waals surface area contributed by atoms with Crippen LogP contribution in [0.1, 0.15) is 24.0 Å². The minimum Gasteiger partial charge on any atom is -0.342 e. The summed E-state index contributed by atoms with van der Waals surface area (Å²) in [5.74, 6) is 0.453. The summed E-state index contributed by atoms with van der Waals surface area (Å²) in [4.78, 5) is 14.2. The van der Waals surface area contributed by atoms with Gasteiger partial charge in [0, 0.05) is 13.1 Å². The van der Waals surface area contributed by atoms with Crippen LogP contribution in [-0.2, 0) is 17.6 Å². The highest BCUT2D eigenvalue weighted by molar-refractivity contribution is 9.10. The number of likely N-dealkylation sites (tertiary alicyclic amines) is 1. The summed E-state index contributed by atoms with van der Waals surface area (Å²) in [6.07, 6.45) is 3.52. The molecule has 1 aliphatic rings. The second-order valence-electron chi connectivity index (χ2n) is 6.72. The quantitative estimate of drug-likeness (QED) is 0.667. The van der Waals surface area contributed by atoms with Crippen molar-refractivity contribution in [2.24, 2.45) is 5.92 Å². The average molecular weight is 404 g/mol. The normalized spacial score (nSPS) is 16.6. The van der Waals surface area contributed by atoms with E-state index in [1.165, 1.54) is 11.6 Å². The summed E-state index contributed by atoms with van der Waals surface area (Å²) >= 11 is 3.46. The molecule has 1 aliphatic heterocycles. The molecule has 1 fully saturated rings.